The van der Waals surface area contributed by atoms with Crippen LogP contribution in [0.15, 0.2) is 48.5 Å². The molecule has 2 aromatic carbocycles. The van der Waals surface area contributed by atoms with Crippen LogP contribution in [-0.2, 0) is 4.08 Å². The van der Waals surface area contributed by atoms with Crippen LogP contribution in [0.3, 0.4) is 0 Å². The maximum Gasteiger partial charge on any atom is 0.113 e. The van der Waals surface area contributed by atoms with E-state index in [0.717, 1.165) is 11.5 Å². The highest BCUT2D eigenvalue weighted by Crippen LogP contribution is 2.60. The summed E-state index contributed by atoms with van der Waals surface area (Å²) in [5, 5.41) is 0. The molecular weight excluding hydrogens is 296 g/mol. The molecule has 3 rings (SSSR count). The molecule has 1 aliphatic carbocycles. The van der Waals surface area contributed by atoms with Gasteiger partial charge < -0.3 is 11.5 Å². The van der Waals surface area contributed by atoms with Gasteiger partial charge in [-0.3, -0.25) is 0 Å². The van der Waals surface area contributed by atoms with E-state index in [2.05, 4.69) is 48.5 Å². The SMILES string of the molecule is NCCSC1(SCCN)c2ccccc2-c2ccccc21. The van der Waals surface area contributed by atoms with E-state index in [-0.39, 0.29) is 4.08 Å². The van der Waals surface area contributed by atoms with Gasteiger partial charge in [-0.25, -0.2) is 0 Å². The summed E-state index contributed by atoms with van der Waals surface area (Å²) in [5.74, 6) is 1.89. The number of rotatable bonds is 6. The molecule has 21 heavy (non-hydrogen) atoms. The highest BCUT2D eigenvalue weighted by atomic mass is 32.2. The molecule has 0 amide bonds. The Kier molecular flexibility index (Phi) is 4.60. The minimum Gasteiger partial charge on any atom is -0.330 e. The van der Waals surface area contributed by atoms with Gasteiger partial charge in [0.1, 0.15) is 4.08 Å². The van der Waals surface area contributed by atoms with Crippen LogP contribution in [0.2, 0.25) is 0 Å². The topological polar surface area (TPSA) is 52.0 Å². The average Bonchev–Trinajstić information content (AvgIpc) is 2.82. The van der Waals surface area contributed by atoms with Gasteiger partial charge in [0, 0.05) is 24.6 Å². The van der Waals surface area contributed by atoms with Crippen LogP contribution in [0, 0.1) is 0 Å². The normalized spacial score (nSPS) is 14.8. The summed E-state index contributed by atoms with van der Waals surface area (Å²) in [6.45, 7) is 1.39. The summed E-state index contributed by atoms with van der Waals surface area (Å²) in [7, 11) is 0. The van der Waals surface area contributed by atoms with Crippen LogP contribution in [-0.4, -0.2) is 24.6 Å². The van der Waals surface area contributed by atoms with Gasteiger partial charge in [-0.1, -0.05) is 48.5 Å². The second-order valence-electron chi connectivity index (χ2n) is 4.98. The van der Waals surface area contributed by atoms with Crippen molar-refractivity contribution in [3.8, 4) is 11.1 Å². The molecule has 0 aromatic heterocycles. The number of thioether (sulfide) groups is 2. The monoisotopic (exact) mass is 316 g/mol. The van der Waals surface area contributed by atoms with Crippen molar-refractivity contribution in [1.82, 2.24) is 0 Å². The van der Waals surface area contributed by atoms with Gasteiger partial charge in [0.05, 0.1) is 0 Å². The minimum atomic E-state index is -0.0636. The third-order valence-electron chi connectivity index (χ3n) is 3.70. The van der Waals surface area contributed by atoms with E-state index in [1.54, 1.807) is 0 Å². The Balaban J connectivity index is 2.16. The molecule has 4 N–H and O–H groups in total. The van der Waals surface area contributed by atoms with E-state index in [4.69, 9.17) is 11.5 Å². The summed E-state index contributed by atoms with van der Waals surface area (Å²) in [6.07, 6.45) is 0. The van der Waals surface area contributed by atoms with Gasteiger partial charge in [0.25, 0.3) is 0 Å². The van der Waals surface area contributed by atoms with Gasteiger partial charge in [-0.15, -0.1) is 23.5 Å². The lowest BCUT2D eigenvalue weighted by Gasteiger charge is -2.30. The molecule has 0 spiro atoms. The number of hydrogen-bond donors (Lipinski definition) is 2. The first kappa shape index (κ1) is 15.0. The summed E-state index contributed by atoms with van der Waals surface area (Å²) in [4.78, 5) is 0. The van der Waals surface area contributed by atoms with Gasteiger partial charge in [-0.2, -0.15) is 0 Å². The van der Waals surface area contributed by atoms with E-state index < -0.39 is 0 Å². The second-order valence-corrected chi connectivity index (χ2v) is 7.86. The fourth-order valence-electron chi connectivity index (χ4n) is 2.91. The number of nitrogens with two attached hydrogens (primary N) is 2. The largest absolute Gasteiger partial charge is 0.330 e. The molecule has 0 saturated heterocycles. The molecule has 2 aromatic rings. The fourth-order valence-corrected chi connectivity index (χ4v) is 5.89. The van der Waals surface area contributed by atoms with Crippen molar-refractivity contribution in [1.29, 1.82) is 0 Å². The van der Waals surface area contributed by atoms with Crippen LogP contribution in [0.1, 0.15) is 11.1 Å². The lowest BCUT2D eigenvalue weighted by molar-refractivity contribution is 1.07. The van der Waals surface area contributed by atoms with Gasteiger partial charge in [0.2, 0.25) is 0 Å². The van der Waals surface area contributed by atoms with Crippen molar-refractivity contribution in [2.75, 3.05) is 24.6 Å². The van der Waals surface area contributed by atoms with Crippen molar-refractivity contribution in [3.05, 3.63) is 59.7 Å². The predicted molar refractivity (Wildman–Crippen MR) is 95.7 cm³/mol. The Hall–Kier alpha value is -0.940. The van der Waals surface area contributed by atoms with Gasteiger partial charge >= 0.3 is 0 Å². The van der Waals surface area contributed by atoms with Crippen molar-refractivity contribution >= 4 is 23.5 Å². The van der Waals surface area contributed by atoms with E-state index in [0.29, 0.717) is 13.1 Å². The highest BCUT2D eigenvalue weighted by molar-refractivity contribution is 8.17. The molecule has 0 bridgehead atoms. The molecule has 0 heterocycles. The van der Waals surface area contributed by atoms with E-state index >= 15 is 0 Å². The molecular formula is C17H20N2S2. The third kappa shape index (κ3) is 2.50. The molecule has 0 aliphatic heterocycles. The quantitative estimate of drug-likeness (QED) is 0.803. The third-order valence-corrected chi connectivity index (χ3v) is 6.98. The Labute approximate surface area is 134 Å². The summed E-state index contributed by atoms with van der Waals surface area (Å²) >= 11 is 3.88. The maximum absolute atomic E-state index is 5.78. The Morgan fingerprint density at radius 1 is 0.714 bits per heavy atom. The summed E-state index contributed by atoms with van der Waals surface area (Å²) in [5.41, 5.74) is 17.0. The standard InChI is InChI=1S/C17H20N2S2/c18-9-11-20-17(21-12-10-19)15-7-3-1-5-13(15)14-6-2-4-8-16(14)17/h1-8H,9-12,18-19H2. The van der Waals surface area contributed by atoms with Crippen LogP contribution in [0.4, 0.5) is 0 Å². The molecule has 1 aliphatic rings. The second kappa shape index (κ2) is 6.44. The summed E-state index contributed by atoms with van der Waals surface area (Å²) in [6, 6.07) is 17.4. The van der Waals surface area contributed by atoms with Crippen molar-refractivity contribution in [2.45, 2.75) is 4.08 Å². The highest BCUT2D eigenvalue weighted by Gasteiger charge is 2.43. The van der Waals surface area contributed by atoms with E-state index in [9.17, 15) is 0 Å². The predicted octanol–water partition coefficient (Wildman–Crippen LogP) is 3.25. The minimum absolute atomic E-state index is 0.0636. The lowest BCUT2D eigenvalue weighted by atomic mass is 10.1. The van der Waals surface area contributed by atoms with Crippen molar-refractivity contribution in [3.63, 3.8) is 0 Å². The molecule has 0 fully saturated rings. The zero-order valence-electron chi connectivity index (χ0n) is 11.9. The average molecular weight is 316 g/mol. The molecule has 2 nitrogen and oxygen atoms in total. The molecule has 4 heteroatoms. The number of benzene rings is 2. The van der Waals surface area contributed by atoms with Crippen molar-refractivity contribution < 1.29 is 0 Å². The molecule has 0 saturated carbocycles. The summed E-state index contributed by atoms with van der Waals surface area (Å²) < 4.78 is -0.0636. The zero-order chi connectivity index (χ0) is 14.7. The Morgan fingerprint density at radius 2 is 1.14 bits per heavy atom. The smallest absolute Gasteiger partial charge is 0.113 e. The van der Waals surface area contributed by atoms with Crippen molar-refractivity contribution in [2.24, 2.45) is 11.5 Å². The Morgan fingerprint density at radius 3 is 1.57 bits per heavy atom. The maximum atomic E-state index is 5.78. The molecule has 0 atom stereocenters. The zero-order valence-corrected chi connectivity index (χ0v) is 13.6. The van der Waals surface area contributed by atoms with E-state index in [1.165, 1.54) is 22.3 Å². The molecule has 0 radical (unpaired) electrons. The van der Waals surface area contributed by atoms with Gasteiger partial charge in [-0.05, 0) is 22.3 Å². The van der Waals surface area contributed by atoms with Crippen LogP contribution in [0.5, 0.6) is 0 Å². The van der Waals surface area contributed by atoms with E-state index in [1.807, 2.05) is 23.5 Å². The van der Waals surface area contributed by atoms with Gasteiger partial charge in [0.15, 0.2) is 0 Å². The van der Waals surface area contributed by atoms with Crippen LogP contribution in [0.25, 0.3) is 11.1 Å². The first-order valence-electron chi connectivity index (χ1n) is 7.21. The fraction of sp³-hybridized carbons (Fsp3) is 0.294. The first-order chi connectivity index (χ1) is 10.3. The number of fused-ring (bicyclic) bond motifs is 3. The lowest BCUT2D eigenvalue weighted by Crippen LogP contribution is -2.21. The Bertz CT molecular complexity index is 572. The molecule has 110 valence electrons. The van der Waals surface area contributed by atoms with Crippen LogP contribution < -0.4 is 11.5 Å². The van der Waals surface area contributed by atoms with Crippen LogP contribution >= 0.6 is 23.5 Å². The first-order valence-corrected chi connectivity index (χ1v) is 9.18. The number of hydrogen-bond acceptors (Lipinski definition) is 4. The molecule has 0 unspecified atom stereocenters.